The lowest BCUT2D eigenvalue weighted by molar-refractivity contribution is -0.0391. The van der Waals surface area contributed by atoms with Crippen molar-refractivity contribution in [2.24, 2.45) is 11.1 Å². The number of hydrogen-bond donors (Lipinski definition) is 1. The van der Waals surface area contributed by atoms with E-state index >= 15 is 0 Å². The van der Waals surface area contributed by atoms with Crippen LogP contribution in [0.2, 0.25) is 0 Å². The molecule has 1 rings (SSSR count). The van der Waals surface area contributed by atoms with E-state index in [1.807, 2.05) is 0 Å². The van der Waals surface area contributed by atoms with Gasteiger partial charge < -0.3 is 5.21 Å². The summed E-state index contributed by atoms with van der Waals surface area (Å²) in [5, 5.41) is 11.0. The smallest absolute Gasteiger partial charge is 0.248 e. The van der Waals surface area contributed by atoms with Crippen molar-refractivity contribution in [2.75, 3.05) is 0 Å². The van der Waals surface area contributed by atoms with Crippen molar-refractivity contribution in [3.05, 3.63) is 0 Å². The van der Waals surface area contributed by atoms with Gasteiger partial charge in [-0.1, -0.05) is 0 Å². The minimum atomic E-state index is -2.49. The van der Waals surface area contributed by atoms with Crippen LogP contribution in [0.4, 0.5) is 8.78 Å². The summed E-state index contributed by atoms with van der Waals surface area (Å²) < 4.78 is 25.0. The average Bonchev–Trinajstić information content (AvgIpc) is 1.94. The number of oxime groups is 1. The fraction of sp³-hybridized carbons (Fsp3) is 0.857. The predicted molar refractivity (Wildman–Crippen MR) is 37.2 cm³/mol. The van der Waals surface area contributed by atoms with Crippen molar-refractivity contribution < 1.29 is 14.0 Å². The van der Waals surface area contributed by atoms with Crippen molar-refractivity contribution in [1.82, 2.24) is 0 Å². The molecule has 0 unspecified atom stereocenters. The third-order valence-corrected chi connectivity index (χ3v) is 2.04. The first-order valence-corrected chi connectivity index (χ1v) is 3.69. The van der Waals surface area contributed by atoms with Crippen molar-refractivity contribution in [3.63, 3.8) is 0 Å². The fourth-order valence-corrected chi connectivity index (χ4v) is 1.31. The molecular formula is C7H11F2NO. The van der Waals surface area contributed by atoms with E-state index in [9.17, 15) is 8.78 Å². The van der Waals surface area contributed by atoms with E-state index in [2.05, 4.69) is 5.16 Å². The van der Waals surface area contributed by atoms with Crippen LogP contribution >= 0.6 is 0 Å². The Morgan fingerprint density at radius 3 is 2.36 bits per heavy atom. The highest BCUT2D eigenvalue weighted by Gasteiger charge is 2.34. The predicted octanol–water partition coefficient (Wildman–Crippen LogP) is 2.27. The normalized spacial score (nSPS) is 26.0. The van der Waals surface area contributed by atoms with Crippen LogP contribution in [-0.4, -0.2) is 17.3 Å². The molecular weight excluding hydrogens is 152 g/mol. The zero-order chi connectivity index (χ0) is 8.32. The van der Waals surface area contributed by atoms with Crippen LogP contribution in [0.25, 0.3) is 0 Å². The first kappa shape index (κ1) is 8.43. The molecule has 4 heteroatoms. The molecule has 1 fully saturated rings. The van der Waals surface area contributed by atoms with Gasteiger partial charge in [0.1, 0.15) is 0 Å². The van der Waals surface area contributed by atoms with Gasteiger partial charge in [0.25, 0.3) is 0 Å². The molecule has 2 nitrogen and oxygen atoms in total. The molecule has 1 aliphatic rings. The third-order valence-electron chi connectivity index (χ3n) is 2.04. The van der Waals surface area contributed by atoms with Gasteiger partial charge in [0, 0.05) is 19.1 Å². The Bertz CT molecular complexity index is 149. The molecule has 0 aliphatic heterocycles. The molecule has 0 atom stereocenters. The Hall–Kier alpha value is -0.670. The van der Waals surface area contributed by atoms with Crippen molar-refractivity contribution >= 4 is 6.21 Å². The summed E-state index contributed by atoms with van der Waals surface area (Å²) in [6.07, 6.45) is 2.04. The topological polar surface area (TPSA) is 32.6 Å². The summed E-state index contributed by atoms with van der Waals surface area (Å²) in [6, 6.07) is 0. The van der Waals surface area contributed by atoms with Crippen LogP contribution in [0.1, 0.15) is 25.7 Å². The number of nitrogens with zero attached hydrogens (tertiary/aromatic N) is 1. The van der Waals surface area contributed by atoms with Crippen molar-refractivity contribution in [2.45, 2.75) is 31.6 Å². The molecule has 1 aliphatic carbocycles. The SMILES string of the molecule is ON=CC1CCC(F)(F)CC1. The maximum absolute atomic E-state index is 12.5. The highest BCUT2D eigenvalue weighted by molar-refractivity contribution is 5.59. The lowest BCUT2D eigenvalue weighted by Crippen LogP contribution is -2.25. The van der Waals surface area contributed by atoms with Gasteiger partial charge in [-0.3, -0.25) is 0 Å². The first-order valence-electron chi connectivity index (χ1n) is 3.69. The van der Waals surface area contributed by atoms with E-state index in [1.54, 1.807) is 0 Å². The summed E-state index contributed by atoms with van der Waals surface area (Å²) in [5.41, 5.74) is 0. The molecule has 0 aromatic rings. The number of alkyl halides is 2. The summed E-state index contributed by atoms with van der Waals surface area (Å²) in [5.74, 6) is -2.44. The second-order valence-corrected chi connectivity index (χ2v) is 2.96. The standard InChI is InChI=1S/C7H11F2NO/c8-7(9)3-1-6(2-4-7)5-10-11/h5-6,11H,1-4H2. The average molecular weight is 163 g/mol. The van der Waals surface area contributed by atoms with Crippen molar-refractivity contribution in [3.8, 4) is 0 Å². The molecule has 0 saturated heterocycles. The van der Waals surface area contributed by atoms with Gasteiger partial charge in [-0.2, -0.15) is 0 Å². The highest BCUT2D eigenvalue weighted by atomic mass is 19.3. The van der Waals surface area contributed by atoms with E-state index in [0.29, 0.717) is 12.8 Å². The van der Waals surface area contributed by atoms with Crippen LogP contribution < -0.4 is 0 Å². The first-order chi connectivity index (χ1) is 5.14. The summed E-state index contributed by atoms with van der Waals surface area (Å²) in [6.45, 7) is 0. The molecule has 64 valence electrons. The summed E-state index contributed by atoms with van der Waals surface area (Å²) >= 11 is 0. The van der Waals surface area contributed by atoms with E-state index < -0.39 is 5.92 Å². The molecule has 0 radical (unpaired) electrons. The molecule has 0 bridgehead atoms. The van der Waals surface area contributed by atoms with Crippen LogP contribution in [0.5, 0.6) is 0 Å². The Morgan fingerprint density at radius 1 is 1.36 bits per heavy atom. The second-order valence-electron chi connectivity index (χ2n) is 2.96. The van der Waals surface area contributed by atoms with E-state index in [0.717, 1.165) is 0 Å². The lowest BCUT2D eigenvalue weighted by Gasteiger charge is -2.25. The molecule has 0 spiro atoms. The van der Waals surface area contributed by atoms with Crippen molar-refractivity contribution in [1.29, 1.82) is 0 Å². The van der Waals surface area contributed by atoms with Gasteiger partial charge in [0.2, 0.25) is 5.92 Å². The summed E-state index contributed by atoms with van der Waals surface area (Å²) in [7, 11) is 0. The van der Waals surface area contributed by atoms with Gasteiger partial charge in [-0.05, 0) is 18.8 Å². The van der Waals surface area contributed by atoms with Crippen LogP contribution in [0, 0.1) is 5.92 Å². The number of rotatable bonds is 1. The van der Waals surface area contributed by atoms with Crippen LogP contribution in [-0.2, 0) is 0 Å². The second kappa shape index (κ2) is 3.15. The minimum absolute atomic E-state index is 0.0413. The zero-order valence-corrected chi connectivity index (χ0v) is 6.13. The van der Waals surface area contributed by atoms with E-state index in [4.69, 9.17) is 5.21 Å². The van der Waals surface area contributed by atoms with Gasteiger partial charge in [0.05, 0.1) is 0 Å². The van der Waals surface area contributed by atoms with Gasteiger partial charge in [0.15, 0.2) is 0 Å². The van der Waals surface area contributed by atoms with Crippen LogP contribution in [0.15, 0.2) is 5.16 Å². The maximum atomic E-state index is 12.5. The minimum Gasteiger partial charge on any atom is -0.411 e. The molecule has 0 aromatic heterocycles. The Labute approximate surface area is 63.9 Å². The van der Waals surface area contributed by atoms with Gasteiger partial charge in [-0.15, -0.1) is 5.16 Å². The number of hydrogen-bond acceptors (Lipinski definition) is 2. The molecule has 0 aromatic carbocycles. The van der Waals surface area contributed by atoms with Gasteiger partial charge >= 0.3 is 0 Å². The van der Waals surface area contributed by atoms with E-state index in [-0.39, 0.29) is 18.8 Å². The molecule has 1 N–H and O–H groups in total. The molecule has 1 saturated carbocycles. The summed E-state index contributed by atoms with van der Waals surface area (Å²) in [4.78, 5) is 0. The molecule has 0 amide bonds. The monoisotopic (exact) mass is 163 g/mol. The lowest BCUT2D eigenvalue weighted by atomic mass is 9.88. The molecule has 11 heavy (non-hydrogen) atoms. The zero-order valence-electron chi connectivity index (χ0n) is 6.13. The van der Waals surface area contributed by atoms with Crippen LogP contribution in [0.3, 0.4) is 0 Å². The quantitative estimate of drug-likeness (QED) is 0.359. The van der Waals surface area contributed by atoms with Gasteiger partial charge in [-0.25, -0.2) is 8.78 Å². The fourth-order valence-electron chi connectivity index (χ4n) is 1.31. The van der Waals surface area contributed by atoms with E-state index in [1.165, 1.54) is 6.21 Å². The highest BCUT2D eigenvalue weighted by Crippen LogP contribution is 2.35. The third kappa shape index (κ3) is 2.44. The Balaban J connectivity index is 2.36. The maximum Gasteiger partial charge on any atom is 0.248 e. The Morgan fingerprint density at radius 2 is 1.91 bits per heavy atom. The Kier molecular flexibility index (Phi) is 2.42. The molecule has 0 heterocycles. The largest absolute Gasteiger partial charge is 0.411 e. The number of halogens is 2.